The minimum Gasteiger partial charge on any atom is -0.341 e. The van der Waals surface area contributed by atoms with Crippen LogP contribution in [0.5, 0.6) is 0 Å². The number of nitrogens with zero attached hydrogens (tertiary/aromatic N) is 1. The number of hydrogen-bond donors (Lipinski definition) is 1. The van der Waals surface area contributed by atoms with Gasteiger partial charge in [0.15, 0.2) is 0 Å². The Balaban J connectivity index is 1.77. The summed E-state index contributed by atoms with van der Waals surface area (Å²) >= 11 is 0. The highest BCUT2D eigenvalue weighted by molar-refractivity contribution is 5.84. The molecule has 1 amide bonds. The molecule has 2 aromatic carbocycles. The molecule has 0 unspecified atom stereocenters. The zero-order valence-electron chi connectivity index (χ0n) is 13.2. The first-order valence-corrected chi connectivity index (χ1v) is 8.08. The molecule has 0 saturated heterocycles. The number of hydrogen-bond acceptors (Lipinski definition) is 2. The number of carbonyl (C=O) groups excluding carboxylic acids is 1. The number of rotatable bonds is 4. The van der Waals surface area contributed by atoms with E-state index in [0.717, 1.165) is 25.7 Å². The Morgan fingerprint density at radius 3 is 2.50 bits per heavy atom. The van der Waals surface area contributed by atoms with Gasteiger partial charge in [-0.15, -0.1) is 0 Å². The zero-order valence-corrected chi connectivity index (χ0v) is 13.2. The van der Waals surface area contributed by atoms with E-state index in [0.29, 0.717) is 13.1 Å². The van der Waals surface area contributed by atoms with Crippen molar-refractivity contribution in [3.63, 3.8) is 0 Å². The lowest BCUT2D eigenvalue weighted by molar-refractivity contribution is -0.140. The Morgan fingerprint density at radius 2 is 1.82 bits per heavy atom. The largest absolute Gasteiger partial charge is 0.341 e. The first-order valence-electron chi connectivity index (χ1n) is 8.08. The highest BCUT2D eigenvalue weighted by atomic mass is 16.2. The monoisotopic (exact) mass is 296 g/mol. The van der Waals surface area contributed by atoms with Gasteiger partial charge in [0.2, 0.25) is 5.91 Å². The van der Waals surface area contributed by atoms with E-state index >= 15 is 0 Å². The van der Waals surface area contributed by atoms with Crippen LogP contribution < -0.4 is 5.73 Å². The van der Waals surface area contributed by atoms with Crippen LogP contribution in [0.1, 0.15) is 31.2 Å². The predicted molar refractivity (Wildman–Crippen MR) is 90.4 cm³/mol. The second-order valence-corrected chi connectivity index (χ2v) is 6.53. The second kappa shape index (κ2) is 6.09. The summed E-state index contributed by atoms with van der Waals surface area (Å²) in [6.07, 6.45) is 4.11. The van der Waals surface area contributed by atoms with Crippen LogP contribution in [0.15, 0.2) is 42.5 Å². The van der Waals surface area contributed by atoms with Crippen molar-refractivity contribution in [2.24, 2.45) is 11.1 Å². The molecule has 1 aliphatic rings. The van der Waals surface area contributed by atoms with Gasteiger partial charge in [-0.1, -0.05) is 49.2 Å². The van der Waals surface area contributed by atoms with Crippen molar-refractivity contribution in [2.45, 2.75) is 32.2 Å². The molecule has 0 aromatic heterocycles. The van der Waals surface area contributed by atoms with Crippen molar-refractivity contribution < 1.29 is 4.79 Å². The summed E-state index contributed by atoms with van der Waals surface area (Å²) in [5, 5.41) is 2.45. The van der Waals surface area contributed by atoms with Crippen LogP contribution in [-0.2, 0) is 11.3 Å². The molecule has 0 bridgehead atoms. The Kier molecular flexibility index (Phi) is 4.16. The third-order valence-electron chi connectivity index (χ3n) is 4.99. The summed E-state index contributed by atoms with van der Waals surface area (Å²) in [5.74, 6) is 0.209. The third kappa shape index (κ3) is 2.73. The van der Waals surface area contributed by atoms with Gasteiger partial charge in [0.25, 0.3) is 0 Å². The topological polar surface area (TPSA) is 46.3 Å². The minimum absolute atomic E-state index is 0.209. The highest BCUT2D eigenvalue weighted by Crippen LogP contribution is 2.38. The maximum atomic E-state index is 12.8. The first kappa shape index (κ1) is 15.0. The molecule has 1 saturated carbocycles. The Hall–Kier alpha value is -1.87. The lowest BCUT2D eigenvalue weighted by atomic mass is 9.84. The van der Waals surface area contributed by atoms with Crippen LogP contribution >= 0.6 is 0 Å². The van der Waals surface area contributed by atoms with Gasteiger partial charge in [0, 0.05) is 20.1 Å². The van der Waals surface area contributed by atoms with Crippen molar-refractivity contribution in [2.75, 3.05) is 13.6 Å². The minimum atomic E-state index is -0.314. The van der Waals surface area contributed by atoms with Crippen molar-refractivity contribution in [1.82, 2.24) is 4.90 Å². The van der Waals surface area contributed by atoms with Crippen LogP contribution in [0.2, 0.25) is 0 Å². The molecule has 3 nitrogen and oxygen atoms in total. The molecule has 0 aliphatic heterocycles. The van der Waals surface area contributed by atoms with E-state index in [1.54, 1.807) is 0 Å². The first-order chi connectivity index (χ1) is 10.6. The van der Waals surface area contributed by atoms with Crippen LogP contribution in [0.4, 0.5) is 0 Å². The lowest BCUT2D eigenvalue weighted by Crippen LogP contribution is -2.44. The molecule has 3 rings (SSSR count). The van der Waals surface area contributed by atoms with Crippen LogP contribution in [0, 0.1) is 5.41 Å². The van der Waals surface area contributed by atoms with E-state index in [9.17, 15) is 4.79 Å². The number of amides is 1. The normalized spacial score (nSPS) is 16.8. The average Bonchev–Trinajstić information content (AvgIpc) is 3.04. The van der Waals surface area contributed by atoms with Gasteiger partial charge < -0.3 is 10.6 Å². The standard InChI is InChI=1S/C19H24N2O/c1-21(18(22)19(14-20)10-4-5-11-19)13-15-8-9-16-6-2-3-7-17(16)12-15/h2-3,6-9,12H,4-5,10-11,13-14,20H2,1H3. The van der Waals surface area contributed by atoms with Crippen molar-refractivity contribution in [3.05, 3.63) is 48.0 Å². The van der Waals surface area contributed by atoms with Crippen LogP contribution in [0.3, 0.4) is 0 Å². The Labute approximate surface area is 132 Å². The Bertz CT molecular complexity index is 674. The Morgan fingerprint density at radius 1 is 1.14 bits per heavy atom. The zero-order chi connectivity index (χ0) is 15.6. The van der Waals surface area contributed by atoms with E-state index in [1.165, 1.54) is 16.3 Å². The molecule has 1 fully saturated rings. The quantitative estimate of drug-likeness (QED) is 0.941. The van der Waals surface area contributed by atoms with E-state index in [4.69, 9.17) is 5.73 Å². The maximum absolute atomic E-state index is 12.8. The molecule has 22 heavy (non-hydrogen) atoms. The molecule has 0 spiro atoms. The number of benzene rings is 2. The molecular weight excluding hydrogens is 272 g/mol. The van der Waals surface area contributed by atoms with Gasteiger partial charge in [0.1, 0.15) is 0 Å². The fourth-order valence-electron chi connectivity index (χ4n) is 3.64. The van der Waals surface area contributed by atoms with Gasteiger partial charge in [0.05, 0.1) is 5.41 Å². The fourth-order valence-corrected chi connectivity index (χ4v) is 3.64. The molecule has 0 radical (unpaired) electrons. The average molecular weight is 296 g/mol. The highest BCUT2D eigenvalue weighted by Gasteiger charge is 2.41. The molecule has 0 atom stereocenters. The van der Waals surface area contributed by atoms with Gasteiger partial charge in [-0.05, 0) is 35.2 Å². The van der Waals surface area contributed by atoms with Crippen molar-refractivity contribution in [3.8, 4) is 0 Å². The van der Waals surface area contributed by atoms with Gasteiger partial charge >= 0.3 is 0 Å². The smallest absolute Gasteiger partial charge is 0.230 e. The number of nitrogens with two attached hydrogens (primary N) is 1. The summed E-state index contributed by atoms with van der Waals surface area (Å²) in [7, 11) is 1.90. The second-order valence-electron chi connectivity index (χ2n) is 6.53. The van der Waals surface area contributed by atoms with E-state index in [-0.39, 0.29) is 11.3 Å². The summed E-state index contributed by atoms with van der Waals surface area (Å²) < 4.78 is 0. The predicted octanol–water partition coefficient (Wildman–Crippen LogP) is 3.32. The molecule has 0 heterocycles. The SMILES string of the molecule is CN(Cc1ccc2ccccc2c1)C(=O)C1(CN)CCCC1. The van der Waals surface area contributed by atoms with Gasteiger partial charge in [-0.3, -0.25) is 4.79 Å². The van der Waals surface area contributed by atoms with E-state index in [1.807, 2.05) is 24.1 Å². The fraction of sp³-hybridized carbons (Fsp3) is 0.421. The third-order valence-corrected chi connectivity index (χ3v) is 4.99. The molecule has 116 valence electrons. The van der Waals surface area contributed by atoms with E-state index in [2.05, 4.69) is 30.3 Å². The number of fused-ring (bicyclic) bond motifs is 1. The molecule has 2 aromatic rings. The van der Waals surface area contributed by atoms with Crippen LogP contribution in [-0.4, -0.2) is 24.4 Å². The summed E-state index contributed by atoms with van der Waals surface area (Å²) in [6, 6.07) is 14.7. The molecule has 1 aliphatic carbocycles. The van der Waals surface area contributed by atoms with Gasteiger partial charge in [-0.25, -0.2) is 0 Å². The number of carbonyl (C=O) groups is 1. The van der Waals surface area contributed by atoms with Crippen LogP contribution in [0.25, 0.3) is 10.8 Å². The molecule has 2 N–H and O–H groups in total. The lowest BCUT2D eigenvalue weighted by Gasteiger charge is -2.31. The van der Waals surface area contributed by atoms with Gasteiger partial charge in [-0.2, -0.15) is 0 Å². The summed E-state index contributed by atoms with van der Waals surface area (Å²) in [4.78, 5) is 14.7. The van der Waals surface area contributed by atoms with E-state index < -0.39 is 0 Å². The molecular formula is C19H24N2O. The summed E-state index contributed by atoms with van der Waals surface area (Å²) in [6.45, 7) is 1.11. The van der Waals surface area contributed by atoms with Crippen molar-refractivity contribution >= 4 is 16.7 Å². The summed E-state index contributed by atoms with van der Waals surface area (Å²) in [5.41, 5.74) is 6.78. The maximum Gasteiger partial charge on any atom is 0.230 e. The van der Waals surface area contributed by atoms with Crippen molar-refractivity contribution in [1.29, 1.82) is 0 Å². The molecule has 3 heteroatoms.